The number of anilines is 1. The number of H-pyrrole nitrogens is 1. The largest absolute Gasteiger partial charge is 0.491 e. The zero-order chi connectivity index (χ0) is 22.2. The van der Waals surface area contributed by atoms with Crippen LogP contribution in [0.4, 0.5) is 5.69 Å². The molecule has 0 atom stereocenters. The smallest absolute Gasteiger partial charge is 0.438 e. The Kier molecular flexibility index (Phi) is 12.2. The third kappa shape index (κ3) is 10.9. The van der Waals surface area contributed by atoms with E-state index < -0.39 is 5.76 Å². The molecule has 0 bridgehead atoms. The minimum absolute atomic E-state index is 0.0706. The SMILES string of the molecule is CCCCCCCCCCCCCCOc1ccccc1NC(=O)Cc1noc(=O)[nH]1. The van der Waals surface area contributed by atoms with Gasteiger partial charge in [0, 0.05) is 0 Å². The molecule has 172 valence electrons. The molecule has 2 aromatic rings. The average Bonchev–Trinajstić information content (AvgIpc) is 3.17. The van der Waals surface area contributed by atoms with Crippen LogP contribution in [0.2, 0.25) is 0 Å². The van der Waals surface area contributed by atoms with E-state index >= 15 is 0 Å². The maximum Gasteiger partial charge on any atom is 0.438 e. The first kappa shape index (κ1) is 24.7. The van der Waals surface area contributed by atoms with Gasteiger partial charge in [-0.3, -0.25) is 14.3 Å². The third-order valence-electron chi connectivity index (χ3n) is 5.23. The fourth-order valence-corrected chi connectivity index (χ4v) is 3.50. The Morgan fingerprint density at radius 1 is 0.968 bits per heavy atom. The van der Waals surface area contributed by atoms with E-state index in [-0.39, 0.29) is 18.2 Å². The van der Waals surface area contributed by atoms with Gasteiger partial charge in [-0.2, -0.15) is 0 Å². The molecule has 0 saturated carbocycles. The molecule has 7 nitrogen and oxygen atoms in total. The summed E-state index contributed by atoms with van der Waals surface area (Å²) in [6.07, 6.45) is 15.6. The van der Waals surface area contributed by atoms with Crippen molar-refractivity contribution in [2.24, 2.45) is 0 Å². The fourth-order valence-electron chi connectivity index (χ4n) is 3.50. The number of aromatic nitrogens is 2. The predicted octanol–water partition coefficient (Wildman–Crippen LogP) is 5.62. The van der Waals surface area contributed by atoms with Crippen molar-refractivity contribution in [2.45, 2.75) is 90.4 Å². The summed E-state index contributed by atoms with van der Waals surface area (Å²) < 4.78 is 10.3. The molecule has 31 heavy (non-hydrogen) atoms. The Morgan fingerprint density at radius 3 is 2.19 bits per heavy atom. The Balaban J connectivity index is 1.55. The first-order valence-electron chi connectivity index (χ1n) is 11.8. The van der Waals surface area contributed by atoms with Gasteiger partial charge in [-0.15, -0.1) is 0 Å². The summed E-state index contributed by atoms with van der Waals surface area (Å²) in [4.78, 5) is 25.5. The summed E-state index contributed by atoms with van der Waals surface area (Å²) in [5, 5.41) is 6.30. The highest BCUT2D eigenvalue weighted by Gasteiger charge is 2.11. The van der Waals surface area contributed by atoms with Gasteiger partial charge in [0.05, 0.1) is 18.7 Å². The Bertz CT molecular complexity index is 800. The summed E-state index contributed by atoms with van der Waals surface area (Å²) in [6, 6.07) is 7.35. The van der Waals surface area contributed by atoms with Crippen LogP contribution in [0.3, 0.4) is 0 Å². The van der Waals surface area contributed by atoms with Crippen LogP contribution in [0.25, 0.3) is 0 Å². The van der Waals surface area contributed by atoms with Crippen LogP contribution in [0.5, 0.6) is 5.75 Å². The normalized spacial score (nSPS) is 10.9. The summed E-state index contributed by atoms with van der Waals surface area (Å²) in [7, 11) is 0. The number of benzene rings is 1. The molecule has 0 radical (unpaired) electrons. The molecule has 7 heteroatoms. The van der Waals surface area contributed by atoms with Gasteiger partial charge < -0.3 is 10.1 Å². The standard InChI is InChI=1S/C24H37N3O4/c1-2-3-4-5-6-7-8-9-10-11-12-15-18-30-21-17-14-13-16-20(21)25-23(28)19-22-26-24(29)31-27-22/h13-14,16-17H,2-12,15,18-19H2,1H3,(H,25,28)(H,26,27,29). The number of amides is 1. The predicted molar refractivity (Wildman–Crippen MR) is 122 cm³/mol. The first-order chi connectivity index (χ1) is 15.2. The van der Waals surface area contributed by atoms with Crippen molar-refractivity contribution < 1.29 is 14.1 Å². The van der Waals surface area contributed by atoms with Crippen LogP contribution in [-0.2, 0) is 11.2 Å². The highest BCUT2D eigenvalue weighted by Crippen LogP contribution is 2.24. The molecule has 1 amide bonds. The molecule has 0 unspecified atom stereocenters. The maximum atomic E-state index is 12.2. The maximum absolute atomic E-state index is 12.2. The highest BCUT2D eigenvalue weighted by atomic mass is 16.5. The van der Waals surface area contributed by atoms with Gasteiger partial charge in [0.1, 0.15) is 5.75 Å². The summed E-state index contributed by atoms with van der Waals surface area (Å²) in [5.74, 6) is -0.134. The molecular formula is C24H37N3O4. The zero-order valence-corrected chi connectivity index (χ0v) is 18.8. The summed E-state index contributed by atoms with van der Waals surface area (Å²) >= 11 is 0. The molecule has 1 heterocycles. The van der Waals surface area contributed by atoms with Crippen molar-refractivity contribution in [3.8, 4) is 5.75 Å². The van der Waals surface area contributed by atoms with Gasteiger partial charge in [0.15, 0.2) is 5.82 Å². The van der Waals surface area contributed by atoms with Gasteiger partial charge in [0.25, 0.3) is 0 Å². The van der Waals surface area contributed by atoms with Crippen LogP contribution in [0.1, 0.15) is 89.8 Å². The van der Waals surface area contributed by atoms with Crippen LogP contribution in [0.15, 0.2) is 33.6 Å². The molecule has 0 fully saturated rings. The van der Waals surface area contributed by atoms with Gasteiger partial charge >= 0.3 is 5.76 Å². The number of para-hydroxylation sites is 2. The molecule has 0 aliphatic rings. The van der Waals surface area contributed by atoms with Crippen molar-refractivity contribution in [1.29, 1.82) is 0 Å². The van der Waals surface area contributed by atoms with Crippen molar-refractivity contribution >= 4 is 11.6 Å². The minimum atomic E-state index is -0.672. The Morgan fingerprint density at radius 2 is 1.58 bits per heavy atom. The zero-order valence-electron chi connectivity index (χ0n) is 18.8. The lowest BCUT2D eigenvalue weighted by molar-refractivity contribution is -0.115. The molecule has 1 aromatic carbocycles. The number of hydrogen-bond donors (Lipinski definition) is 2. The van der Waals surface area contributed by atoms with E-state index in [0.29, 0.717) is 18.0 Å². The van der Waals surface area contributed by atoms with E-state index in [2.05, 4.69) is 26.9 Å². The second-order valence-corrected chi connectivity index (χ2v) is 8.00. The highest BCUT2D eigenvalue weighted by molar-refractivity contribution is 5.93. The first-order valence-corrected chi connectivity index (χ1v) is 11.8. The second-order valence-electron chi connectivity index (χ2n) is 8.00. The topological polar surface area (TPSA) is 97.2 Å². The number of hydrogen-bond acceptors (Lipinski definition) is 5. The van der Waals surface area contributed by atoms with Crippen LogP contribution < -0.4 is 15.8 Å². The lowest BCUT2D eigenvalue weighted by Gasteiger charge is -2.12. The van der Waals surface area contributed by atoms with Gasteiger partial charge in [-0.05, 0) is 18.6 Å². The molecule has 2 N–H and O–H groups in total. The lowest BCUT2D eigenvalue weighted by atomic mass is 10.1. The second kappa shape index (κ2) is 15.3. The quantitative estimate of drug-likeness (QED) is 0.317. The van der Waals surface area contributed by atoms with E-state index in [1.807, 2.05) is 18.2 Å². The third-order valence-corrected chi connectivity index (χ3v) is 5.23. The molecular weight excluding hydrogens is 394 g/mol. The average molecular weight is 432 g/mol. The van der Waals surface area contributed by atoms with Crippen LogP contribution in [0, 0.1) is 0 Å². The van der Waals surface area contributed by atoms with Crippen molar-refractivity contribution in [2.75, 3.05) is 11.9 Å². The van der Waals surface area contributed by atoms with Gasteiger partial charge in [0.2, 0.25) is 5.91 Å². The minimum Gasteiger partial charge on any atom is -0.491 e. The molecule has 0 saturated heterocycles. The fraction of sp³-hybridized carbons (Fsp3) is 0.625. The van der Waals surface area contributed by atoms with Crippen molar-refractivity contribution in [3.05, 3.63) is 40.6 Å². The molecule has 0 aliphatic heterocycles. The summed E-state index contributed by atoms with van der Waals surface area (Å²) in [5.41, 5.74) is 0.609. The van der Waals surface area contributed by atoms with Crippen molar-refractivity contribution in [1.82, 2.24) is 10.1 Å². The number of ether oxygens (including phenoxy) is 1. The molecule has 0 aliphatic carbocycles. The number of nitrogens with one attached hydrogen (secondary N) is 2. The Labute approximate surface area is 184 Å². The summed E-state index contributed by atoms with van der Waals surface area (Å²) in [6.45, 7) is 2.88. The van der Waals surface area contributed by atoms with E-state index in [9.17, 15) is 9.59 Å². The number of nitrogens with zero attached hydrogens (tertiary/aromatic N) is 1. The number of carbonyl (C=O) groups excluding carboxylic acids is 1. The van der Waals surface area contributed by atoms with Gasteiger partial charge in [-0.1, -0.05) is 94.8 Å². The molecule has 1 aromatic heterocycles. The van der Waals surface area contributed by atoms with E-state index in [1.54, 1.807) is 6.07 Å². The van der Waals surface area contributed by atoms with E-state index in [4.69, 9.17) is 4.74 Å². The number of aromatic amines is 1. The molecule has 2 rings (SSSR count). The number of carbonyl (C=O) groups is 1. The monoisotopic (exact) mass is 431 g/mol. The van der Waals surface area contributed by atoms with Crippen LogP contribution >= 0.6 is 0 Å². The van der Waals surface area contributed by atoms with Crippen LogP contribution in [-0.4, -0.2) is 22.7 Å². The number of rotatable bonds is 17. The molecule has 0 spiro atoms. The number of unbranched alkanes of at least 4 members (excludes halogenated alkanes) is 11. The Hall–Kier alpha value is -2.57. The van der Waals surface area contributed by atoms with Crippen molar-refractivity contribution in [3.63, 3.8) is 0 Å². The lowest BCUT2D eigenvalue weighted by Crippen LogP contribution is -2.16. The van der Waals surface area contributed by atoms with E-state index in [0.717, 1.165) is 12.8 Å². The van der Waals surface area contributed by atoms with E-state index in [1.165, 1.54) is 64.2 Å². The van der Waals surface area contributed by atoms with Gasteiger partial charge in [-0.25, -0.2) is 4.79 Å².